The summed E-state index contributed by atoms with van der Waals surface area (Å²) in [5.74, 6) is 1.60. The quantitative estimate of drug-likeness (QED) is 0.848. The van der Waals surface area contributed by atoms with E-state index in [1.807, 2.05) is 0 Å². The molecule has 16 heavy (non-hydrogen) atoms. The van der Waals surface area contributed by atoms with Gasteiger partial charge in [0, 0.05) is 5.92 Å². The molecule has 2 atom stereocenters. The van der Waals surface area contributed by atoms with E-state index >= 15 is 0 Å². The first-order chi connectivity index (χ1) is 7.72. The van der Waals surface area contributed by atoms with Crippen molar-refractivity contribution in [2.24, 2.45) is 11.7 Å². The number of para-hydroxylation sites is 1. The molecule has 2 N–H and O–H groups in total. The lowest BCUT2D eigenvalue weighted by atomic mass is 10.1. The van der Waals surface area contributed by atoms with Gasteiger partial charge in [0.05, 0.1) is 0 Å². The molecule has 0 amide bonds. The summed E-state index contributed by atoms with van der Waals surface area (Å²) < 4.78 is 6.16. The predicted molar refractivity (Wildman–Crippen MR) is 66.7 cm³/mol. The van der Waals surface area contributed by atoms with Crippen LogP contribution in [-0.4, -0.2) is 12.6 Å². The molecule has 1 aliphatic carbocycles. The van der Waals surface area contributed by atoms with Gasteiger partial charge in [-0.15, -0.1) is 0 Å². The molecule has 0 spiro atoms. The maximum atomic E-state index is 6.16. The second-order valence-corrected chi connectivity index (χ2v) is 4.80. The minimum absolute atomic E-state index is 0.324. The highest BCUT2D eigenvalue weighted by Gasteiger charge is 2.28. The van der Waals surface area contributed by atoms with Crippen LogP contribution in [0.3, 0.4) is 0 Å². The van der Waals surface area contributed by atoms with E-state index in [1.54, 1.807) is 0 Å². The Morgan fingerprint density at radius 1 is 1.25 bits per heavy atom. The number of aryl methyl sites for hydroxylation is 2. The molecule has 1 aromatic rings. The van der Waals surface area contributed by atoms with E-state index in [1.165, 1.54) is 24.0 Å². The minimum Gasteiger partial charge on any atom is -0.490 e. The van der Waals surface area contributed by atoms with E-state index in [-0.39, 0.29) is 0 Å². The normalized spacial score (nSPS) is 24.7. The molecular formula is C14H21NO. The third kappa shape index (κ3) is 2.22. The molecule has 1 aliphatic rings. The van der Waals surface area contributed by atoms with Gasteiger partial charge in [0.15, 0.2) is 0 Å². The standard InChI is InChI=1S/C14H21NO/c1-10-5-3-6-11(2)14(10)16-13-8-4-7-12(13)9-15/h3,5-6,12-13H,4,7-9,15H2,1-2H3. The second kappa shape index (κ2) is 4.88. The third-order valence-electron chi connectivity index (χ3n) is 3.57. The summed E-state index contributed by atoms with van der Waals surface area (Å²) in [5, 5.41) is 0. The predicted octanol–water partition coefficient (Wildman–Crippen LogP) is 2.81. The first-order valence-electron chi connectivity index (χ1n) is 6.15. The molecule has 0 aromatic heterocycles. The molecule has 0 aliphatic heterocycles. The molecule has 0 heterocycles. The van der Waals surface area contributed by atoms with Crippen LogP contribution in [0.2, 0.25) is 0 Å². The van der Waals surface area contributed by atoms with Crippen LogP contribution in [0.15, 0.2) is 18.2 Å². The Labute approximate surface area is 97.8 Å². The van der Waals surface area contributed by atoms with Crippen molar-refractivity contribution in [2.45, 2.75) is 39.2 Å². The summed E-state index contributed by atoms with van der Waals surface area (Å²) >= 11 is 0. The molecule has 1 aromatic carbocycles. The van der Waals surface area contributed by atoms with E-state index in [2.05, 4.69) is 32.0 Å². The molecule has 0 saturated heterocycles. The fourth-order valence-corrected chi connectivity index (χ4v) is 2.56. The molecule has 0 bridgehead atoms. The van der Waals surface area contributed by atoms with Gasteiger partial charge in [0.1, 0.15) is 11.9 Å². The number of hydrogen-bond donors (Lipinski definition) is 1. The Morgan fingerprint density at radius 2 is 1.94 bits per heavy atom. The number of benzene rings is 1. The van der Waals surface area contributed by atoms with Crippen LogP contribution in [-0.2, 0) is 0 Å². The summed E-state index contributed by atoms with van der Waals surface area (Å²) in [4.78, 5) is 0. The molecular weight excluding hydrogens is 198 g/mol. The molecule has 2 nitrogen and oxygen atoms in total. The summed E-state index contributed by atoms with van der Waals surface area (Å²) in [6.07, 6.45) is 3.93. The van der Waals surface area contributed by atoms with Gasteiger partial charge in [-0.2, -0.15) is 0 Å². The molecule has 2 heteroatoms. The van der Waals surface area contributed by atoms with Crippen LogP contribution < -0.4 is 10.5 Å². The zero-order valence-electron chi connectivity index (χ0n) is 10.2. The van der Waals surface area contributed by atoms with E-state index < -0.39 is 0 Å². The molecule has 88 valence electrons. The van der Waals surface area contributed by atoms with E-state index in [4.69, 9.17) is 10.5 Å². The van der Waals surface area contributed by atoms with Crippen LogP contribution in [0.5, 0.6) is 5.75 Å². The largest absolute Gasteiger partial charge is 0.490 e. The lowest BCUT2D eigenvalue weighted by Gasteiger charge is -2.22. The van der Waals surface area contributed by atoms with Gasteiger partial charge in [0.25, 0.3) is 0 Å². The van der Waals surface area contributed by atoms with Gasteiger partial charge in [-0.25, -0.2) is 0 Å². The fourth-order valence-electron chi connectivity index (χ4n) is 2.56. The summed E-state index contributed by atoms with van der Waals surface area (Å²) in [7, 11) is 0. The average molecular weight is 219 g/mol. The van der Waals surface area contributed by atoms with Gasteiger partial charge in [-0.05, 0) is 50.8 Å². The Bertz CT molecular complexity index is 342. The Balaban J connectivity index is 2.14. The van der Waals surface area contributed by atoms with Crippen molar-refractivity contribution in [1.29, 1.82) is 0 Å². The van der Waals surface area contributed by atoms with Gasteiger partial charge in [-0.1, -0.05) is 18.2 Å². The smallest absolute Gasteiger partial charge is 0.125 e. The van der Waals surface area contributed by atoms with Crippen molar-refractivity contribution in [1.82, 2.24) is 0 Å². The van der Waals surface area contributed by atoms with Gasteiger partial charge >= 0.3 is 0 Å². The van der Waals surface area contributed by atoms with Gasteiger partial charge < -0.3 is 10.5 Å². The van der Waals surface area contributed by atoms with Crippen molar-refractivity contribution < 1.29 is 4.74 Å². The fraction of sp³-hybridized carbons (Fsp3) is 0.571. The lowest BCUT2D eigenvalue weighted by Crippen LogP contribution is -2.28. The lowest BCUT2D eigenvalue weighted by molar-refractivity contribution is 0.160. The topological polar surface area (TPSA) is 35.2 Å². The first kappa shape index (κ1) is 11.5. The Kier molecular flexibility index (Phi) is 3.49. The monoisotopic (exact) mass is 219 g/mol. The summed E-state index contributed by atoms with van der Waals surface area (Å²) in [6, 6.07) is 6.29. The van der Waals surface area contributed by atoms with E-state index in [0.717, 1.165) is 18.7 Å². The number of nitrogens with two attached hydrogens (primary N) is 1. The third-order valence-corrected chi connectivity index (χ3v) is 3.57. The highest BCUT2D eigenvalue weighted by Crippen LogP contribution is 2.32. The molecule has 1 saturated carbocycles. The van der Waals surface area contributed by atoms with Crippen molar-refractivity contribution in [3.63, 3.8) is 0 Å². The number of hydrogen-bond acceptors (Lipinski definition) is 2. The molecule has 0 radical (unpaired) electrons. The maximum absolute atomic E-state index is 6.16. The van der Waals surface area contributed by atoms with Crippen LogP contribution in [0.4, 0.5) is 0 Å². The van der Waals surface area contributed by atoms with Gasteiger partial charge in [0.2, 0.25) is 0 Å². The number of rotatable bonds is 3. The first-order valence-corrected chi connectivity index (χ1v) is 6.15. The van der Waals surface area contributed by atoms with Crippen LogP contribution in [0.1, 0.15) is 30.4 Å². The minimum atomic E-state index is 0.324. The Morgan fingerprint density at radius 3 is 2.56 bits per heavy atom. The van der Waals surface area contributed by atoms with Crippen LogP contribution in [0.25, 0.3) is 0 Å². The van der Waals surface area contributed by atoms with Crippen molar-refractivity contribution >= 4 is 0 Å². The van der Waals surface area contributed by atoms with Gasteiger partial charge in [-0.3, -0.25) is 0 Å². The van der Waals surface area contributed by atoms with Crippen LogP contribution in [0, 0.1) is 19.8 Å². The molecule has 2 rings (SSSR count). The highest BCUT2D eigenvalue weighted by molar-refractivity contribution is 5.39. The number of ether oxygens (including phenoxy) is 1. The second-order valence-electron chi connectivity index (χ2n) is 4.80. The van der Waals surface area contributed by atoms with E-state index in [9.17, 15) is 0 Å². The van der Waals surface area contributed by atoms with Crippen LogP contribution >= 0.6 is 0 Å². The van der Waals surface area contributed by atoms with Crippen molar-refractivity contribution in [3.05, 3.63) is 29.3 Å². The van der Waals surface area contributed by atoms with Crippen molar-refractivity contribution in [2.75, 3.05) is 6.54 Å². The Hall–Kier alpha value is -1.02. The maximum Gasteiger partial charge on any atom is 0.125 e. The average Bonchev–Trinajstić information content (AvgIpc) is 2.71. The van der Waals surface area contributed by atoms with E-state index in [0.29, 0.717) is 12.0 Å². The zero-order valence-corrected chi connectivity index (χ0v) is 10.2. The molecule has 2 unspecified atom stereocenters. The summed E-state index contributed by atoms with van der Waals surface area (Å²) in [5.41, 5.74) is 8.22. The SMILES string of the molecule is Cc1cccc(C)c1OC1CCCC1CN. The molecule has 1 fully saturated rings. The van der Waals surface area contributed by atoms with Crippen molar-refractivity contribution in [3.8, 4) is 5.75 Å². The highest BCUT2D eigenvalue weighted by atomic mass is 16.5. The zero-order chi connectivity index (χ0) is 11.5. The summed E-state index contributed by atoms with van der Waals surface area (Å²) in [6.45, 7) is 4.96.